The summed E-state index contributed by atoms with van der Waals surface area (Å²) in [6.45, 7) is 0. The van der Waals surface area contributed by atoms with Gasteiger partial charge in [0, 0.05) is 6.20 Å². The lowest BCUT2D eigenvalue weighted by Crippen LogP contribution is -2.30. The maximum Gasteiger partial charge on any atom is 0.412 e. The van der Waals surface area contributed by atoms with E-state index >= 15 is 0 Å². The number of thioether (sulfide) groups is 1. The fourth-order valence-corrected chi connectivity index (χ4v) is 3.11. The third-order valence-corrected chi connectivity index (χ3v) is 4.57. The van der Waals surface area contributed by atoms with Crippen molar-refractivity contribution >= 4 is 17.7 Å². The Kier molecular flexibility index (Phi) is 6.98. The second-order valence-electron chi connectivity index (χ2n) is 5.46. The van der Waals surface area contributed by atoms with Gasteiger partial charge in [-0.15, -0.1) is 0 Å². The number of hydrogen-bond donors (Lipinski definition) is 2. The minimum absolute atomic E-state index is 0.178. The van der Waals surface area contributed by atoms with Crippen LogP contribution in [0, 0.1) is 0 Å². The first-order valence-electron chi connectivity index (χ1n) is 7.75. The highest BCUT2D eigenvalue weighted by Crippen LogP contribution is 2.33. The van der Waals surface area contributed by atoms with Gasteiger partial charge in [0.15, 0.2) is 6.04 Å². The molecule has 142 valence electrons. The minimum atomic E-state index is -4.50. The topological polar surface area (TPSA) is 107 Å². The maximum absolute atomic E-state index is 13.3. The highest BCUT2D eigenvalue weighted by Gasteiger charge is 2.42. The molecule has 26 heavy (non-hydrogen) atoms. The summed E-state index contributed by atoms with van der Waals surface area (Å²) in [6.07, 6.45) is -1.76. The maximum atomic E-state index is 13.3. The first-order valence-corrected chi connectivity index (χ1v) is 8.90. The van der Waals surface area contributed by atoms with E-state index in [1.54, 1.807) is 18.2 Å². The Labute approximate surface area is 151 Å². The number of carboxylic acids is 1. The lowest BCUT2D eigenvalue weighted by atomic mass is 10.2. The number of aromatic nitrogens is 4. The Balaban J connectivity index is 1.96. The van der Waals surface area contributed by atoms with E-state index in [-0.39, 0.29) is 24.3 Å². The SMILES string of the molecule is NC(CCSCCC(n1ncc(-c2ccccn2)n1)C(F)(F)F)C(=O)O. The number of alkyl halides is 3. The van der Waals surface area contributed by atoms with Crippen molar-refractivity contribution in [3.8, 4) is 11.4 Å². The molecule has 0 aromatic carbocycles. The summed E-state index contributed by atoms with van der Waals surface area (Å²) in [7, 11) is 0. The molecule has 2 aromatic heterocycles. The van der Waals surface area contributed by atoms with Gasteiger partial charge in [0.05, 0.1) is 11.9 Å². The summed E-state index contributed by atoms with van der Waals surface area (Å²) >= 11 is 1.22. The van der Waals surface area contributed by atoms with Crippen molar-refractivity contribution in [1.82, 2.24) is 20.0 Å². The molecule has 0 fully saturated rings. The number of halogens is 3. The van der Waals surface area contributed by atoms with Crippen LogP contribution in [0.3, 0.4) is 0 Å². The molecule has 2 heterocycles. The first kappa shape index (κ1) is 20.2. The highest BCUT2D eigenvalue weighted by molar-refractivity contribution is 7.99. The number of nitrogens with zero attached hydrogens (tertiary/aromatic N) is 4. The van der Waals surface area contributed by atoms with Crippen molar-refractivity contribution in [3.05, 3.63) is 30.6 Å². The van der Waals surface area contributed by atoms with Crippen molar-refractivity contribution in [2.75, 3.05) is 11.5 Å². The van der Waals surface area contributed by atoms with Gasteiger partial charge in [-0.2, -0.15) is 39.9 Å². The van der Waals surface area contributed by atoms with Gasteiger partial charge in [0.25, 0.3) is 0 Å². The molecule has 0 bridgehead atoms. The van der Waals surface area contributed by atoms with Gasteiger partial charge in [-0.1, -0.05) is 6.07 Å². The lowest BCUT2D eigenvalue weighted by Gasteiger charge is -2.19. The molecule has 0 aliphatic carbocycles. The molecular weight excluding hydrogens is 371 g/mol. The van der Waals surface area contributed by atoms with Crippen molar-refractivity contribution in [1.29, 1.82) is 0 Å². The van der Waals surface area contributed by atoms with Crippen LogP contribution in [0.15, 0.2) is 30.6 Å². The Morgan fingerprint density at radius 2 is 2.00 bits per heavy atom. The summed E-state index contributed by atoms with van der Waals surface area (Å²) < 4.78 is 40.0. The molecule has 2 rings (SSSR count). The molecule has 0 aliphatic heterocycles. The summed E-state index contributed by atoms with van der Waals surface area (Å²) in [5.74, 6) is -0.581. The van der Waals surface area contributed by atoms with Crippen LogP contribution in [0.1, 0.15) is 18.9 Å². The van der Waals surface area contributed by atoms with Crippen LogP contribution in [-0.2, 0) is 4.79 Å². The molecule has 2 unspecified atom stereocenters. The fourth-order valence-electron chi connectivity index (χ4n) is 2.10. The van der Waals surface area contributed by atoms with Crippen molar-refractivity contribution in [2.45, 2.75) is 31.1 Å². The zero-order chi connectivity index (χ0) is 19.2. The predicted molar refractivity (Wildman–Crippen MR) is 90.5 cm³/mol. The Morgan fingerprint density at radius 1 is 1.27 bits per heavy atom. The van der Waals surface area contributed by atoms with Gasteiger partial charge >= 0.3 is 12.1 Å². The van der Waals surface area contributed by atoms with E-state index in [2.05, 4.69) is 15.2 Å². The normalized spacial score (nSPS) is 14.2. The quantitative estimate of drug-likeness (QED) is 0.634. The number of rotatable bonds is 9. The summed E-state index contributed by atoms with van der Waals surface area (Å²) in [4.78, 5) is 15.3. The van der Waals surface area contributed by atoms with Crippen LogP contribution in [0.4, 0.5) is 13.2 Å². The van der Waals surface area contributed by atoms with Gasteiger partial charge in [0.2, 0.25) is 0 Å². The molecule has 2 aromatic rings. The second-order valence-corrected chi connectivity index (χ2v) is 6.68. The van der Waals surface area contributed by atoms with Crippen LogP contribution < -0.4 is 5.73 Å². The summed E-state index contributed by atoms with van der Waals surface area (Å²) in [5, 5.41) is 16.3. The van der Waals surface area contributed by atoms with Crippen LogP contribution >= 0.6 is 11.8 Å². The largest absolute Gasteiger partial charge is 0.480 e. The molecule has 3 N–H and O–H groups in total. The van der Waals surface area contributed by atoms with Crippen LogP contribution in [0.25, 0.3) is 11.4 Å². The standard InChI is InChI=1S/C15H18F3N5O2S/c16-15(17,18)13(5-8-26-7-4-10(19)14(24)25)23-21-9-12(22-23)11-3-1-2-6-20-11/h1-3,6,9-10,13H,4-5,7-8,19H2,(H,24,25). The Bertz CT molecular complexity index is 711. The van der Waals surface area contributed by atoms with Crippen molar-refractivity contribution in [3.63, 3.8) is 0 Å². The molecule has 0 radical (unpaired) electrons. The average Bonchev–Trinajstić information content (AvgIpc) is 3.06. The van der Waals surface area contributed by atoms with E-state index in [9.17, 15) is 18.0 Å². The number of pyridine rings is 1. The van der Waals surface area contributed by atoms with E-state index in [0.29, 0.717) is 16.2 Å². The smallest absolute Gasteiger partial charge is 0.412 e. The summed E-state index contributed by atoms with van der Waals surface area (Å²) in [5.41, 5.74) is 6.06. The van der Waals surface area contributed by atoms with E-state index in [0.717, 1.165) is 0 Å². The third kappa shape index (κ3) is 5.70. The van der Waals surface area contributed by atoms with Gasteiger partial charge in [-0.3, -0.25) is 9.78 Å². The Morgan fingerprint density at radius 3 is 2.62 bits per heavy atom. The van der Waals surface area contributed by atoms with Gasteiger partial charge in [-0.05, 0) is 36.5 Å². The molecule has 0 amide bonds. The second kappa shape index (κ2) is 8.99. The number of aliphatic carboxylic acids is 1. The fraction of sp³-hybridized carbons (Fsp3) is 0.467. The van der Waals surface area contributed by atoms with Crippen molar-refractivity contribution in [2.24, 2.45) is 5.73 Å². The molecular formula is C15H18F3N5O2S. The zero-order valence-corrected chi connectivity index (χ0v) is 14.5. The first-order chi connectivity index (χ1) is 12.3. The molecule has 0 spiro atoms. The van der Waals surface area contributed by atoms with E-state index in [4.69, 9.17) is 10.8 Å². The van der Waals surface area contributed by atoms with Crippen LogP contribution in [0.2, 0.25) is 0 Å². The predicted octanol–water partition coefficient (Wildman–Crippen LogP) is 2.37. The van der Waals surface area contributed by atoms with Gasteiger partial charge in [0.1, 0.15) is 11.7 Å². The minimum Gasteiger partial charge on any atom is -0.480 e. The molecule has 11 heteroatoms. The highest BCUT2D eigenvalue weighted by atomic mass is 32.2. The number of nitrogens with two attached hydrogens (primary N) is 1. The monoisotopic (exact) mass is 389 g/mol. The van der Waals surface area contributed by atoms with Crippen molar-refractivity contribution < 1.29 is 23.1 Å². The van der Waals surface area contributed by atoms with E-state index < -0.39 is 24.2 Å². The number of hydrogen-bond acceptors (Lipinski definition) is 6. The number of carboxylic acid groups (broad SMARTS) is 1. The molecule has 7 nitrogen and oxygen atoms in total. The third-order valence-electron chi connectivity index (χ3n) is 3.52. The molecule has 0 saturated heterocycles. The molecule has 2 atom stereocenters. The Hall–Kier alpha value is -2.14. The molecule has 0 saturated carbocycles. The van der Waals surface area contributed by atoms with E-state index in [1.807, 2.05) is 0 Å². The van der Waals surface area contributed by atoms with Gasteiger partial charge in [-0.25, -0.2) is 0 Å². The molecule has 0 aliphatic rings. The zero-order valence-electron chi connectivity index (χ0n) is 13.6. The van der Waals surface area contributed by atoms with Crippen LogP contribution in [-0.4, -0.2) is 54.8 Å². The van der Waals surface area contributed by atoms with Crippen LogP contribution in [0.5, 0.6) is 0 Å². The van der Waals surface area contributed by atoms with E-state index in [1.165, 1.54) is 24.2 Å². The lowest BCUT2D eigenvalue weighted by molar-refractivity contribution is -0.173. The number of carbonyl (C=O) groups is 1. The average molecular weight is 389 g/mol. The van der Waals surface area contributed by atoms with Gasteiger partial charge < -0.3 is 10.8 Å². The summed E-state index contributed by atoms with van der Waals surface area (Å²) in [6, 6.07) is 2.18.